The number of hydrogen-bond donors (Lipinski definition) is 1. The highest BCUT2D eigenvalue weighted by atomic mass is 16.6. The van der Waals surface area contributed by atoms with Gasteiger partial charge in [-0.25, -0.2) is 0 Å². The van der Waals surface area contributed by atoms with E-state index in [0.717, 1.165) is 5.92 Å². The Bertz CT molecular complexity index is 171. The van der Waals surface area contributed by atoms with Crippen LogP contribution in [0.3, 0.4) is 0 Å². The van der Waals surface area contributed by atoms with E-state index in [2.05, 4.69) is 13.8 Å². The molecule has 2 aliphatic rings. The van der Waals surface area contributed by atoms with E-state index in [4.69, 9.17) is 10.5 Å². The topological polar surface area (TPSA) is 38.5 Å². The van der Waals surface area contributed by atoms with Crippen molar-refractivity contribution < 1.29 is 4.74 Å². The number of nitrogens with two attached hydrogens (primary N) is 1. The van der Waals surface area contributed by atoms with Gasteiger partial charge in [-0.2, -0.15) is 0 Å². The number of hydrogen-bond acceptors (Lipinski definition) is 2. The summed E-state index contributed by atoms with van der Waals surface area (Å²) in [6, 6.07) is 0.440. The molecular weight excluding hydrogens is 150 g/mol. The summed E-state index contributed by atoms with van der Waals surface area (Å²) in [6.45, 7) is 4.44. The molecule has 12 heavy (non-hydrogen) atoms. The molecule has 0 spiro atoms. The van der Waals surface area contributed by atoms with Crippen molar-refractivity contribution in [3.05, 3.63) is 0 Å². The highest BCUT2D eigenvalue weighted by Crippen LogP contribution is 2.39. The Morgan fingerprint density at radius 3 is 2.42 bits per heavy atom. The smallest absolute Gasteiger partial charge is 0.0867 e. The minimum absolute atomic E-state index is 0.440. The third kappa shape index (κ3) is 1.50. The Morgan fingerprint density at radius 1 is 1.25 bits per heavy atom. The maximum atomic E-state index is 5.95. The molecule has 2 rings (SSSR count). The van der Waals surface area contributed by atoms with Gasteiger partial charge in [0.15, 0.2) is 0 Å². The van der Waals surface area contributed by atoms with Gasteiger partial charge < -0.3 is 10.5 Å². The first kappa shape index (κ1) is 8.52. The molecule has 0 amide bonds. The first-order valence-corrected chi connectivity index (χ1v) is 5.09. The van der Waals surface area contributed by atoms with Crippen LogP contribution in [0.1, 0.15) is 33.1 Å². The summed E-state index contributed by atoms with van der Waals surface area (Å²) in [4.78, 5) is 0. The first-order valence-electron chi connectivity index (χ1n) is 5.09. The van der Waals surface area contributed by atoms with Crippen molar-refractivity contribution in [3.63, 3.8) is 0 Å². The van der Waals surface area contributed by atoms with E-state index in [0.29, 0.717) is 24.2 Å². The highest BCUT2D eigenvalue weighted by Gasteiger charge is 2.43. The molecular formula is C10H19NO. The molecule has 0 bridgehead atoms. The van der Waals surface area contributed by atoms with Crippen LogP contribution in [0.2, 0.25) is 0 Å². The molecule has 0 aromatic carbocycles. The van der Waals surface area contributed by atoms with E-state index in [1.54, 1.807) is 0 Å². The summed E-state index contributed by atoms with van der Waals surface area (Å²) in [6.07, 6.45) is 4.84. The zero-order valence-corrected chi connectivity index (χ0v) is 7.99. The molecule has 70 valence electrons. The van der Waals surface area contributed by atoms with Crippen LogP contribution in [-0.4, -0.2) is 18.2 Å². The van der Waals surface area contributed by atoms with Crippen LogP contribution in [0.4, 0.5) is 0 Å². The summed E-state index contributed by atoms with van der Waals surface area (Å²) < 4.78 is 5.50. The predicted octanol–water partition coefficient (Wildman–Crippen LogP) is 1.54. The third-order valence-electron chi connectivity index (χ3n) is 3.50. The molecule has 1 heterocycles. The van der Waals surface area contributed by atoms with E-state index in [-0.39, 0.29) is 0 Å². The van der Waals surface area contributed by atoms with Gasteiger partial charge in [-0.1, -0.05) is 6.92 Å². The number of rotatable bonds is 1. The molecule has 0 aromatic heterocycles. The van der Waals surface area contributed by atoms with Gasteiger partial charge in [0, 0.05) is 6.04 Å². The van der Waals surface area contributed by atoms with Crippen LogP contribution in [0, 0.1) is 11.8 Å². The van der Waals surface area contributed by atoms with E-state index in [1.807, 2.05) is 0 Å². The largest absolute Gasteiger partial charge is 0.370 e. The van der Waals surface area contributed by atoms with Gasteiger partial charge >= 0.3 is 0 Å². The van der Waals surface area contributed by atoms with Crippen molar-refractivity contribution in [3.8, 4) is 0 Å². The molecule has 2 N–H and O–H groups in total. The summed E-state index contributed by atoms with van der Waals surface area (Å²) in [5.74, 6) is 1.50. The average molecular weight is 169 g/mol. The fourth-order valence-corrected chi connectivity index (χ4v) is 2.46. The molecule has 0 radical (unpaired) electrons. The fraction of sp³-hybridized carbons (Fsp3) is 1.00. The monoisotopic (exact) mass is 169 g/mol. The molecule has 4 unspecified atom stereocenters. The molecule has 0 aromatic rings. The molecule has 2 nitrogen and oxygen atoms in total. The maximum absolute atomic E-state index is 5.95. The zero-order valence-electron chi connectivity index (χ0n) is 7.99. The lowest BCUT2D eigenvalue weighted by Gasteiger charge is -2.31. The normalized spacial score (nSPS) is 53.8. The average Bonchev–Trinajstić information content (AvgIpc) is 2.73. The van der Waals surface area contributed by atoms with Crippen LogP contribution in [-0.2, 0) is 4.74 Å². The van der Waals surface area contributed by atoms with Crippen LogP contribution in [0.25, 0.3) is 0 Å². The SMILES string of the molecule is CC1CC([C@H]2OC2C)CCC1N. The van der Waals surface area contributed by atoms with E-state index >= 15 is 0 Å². The second kappa shape index (κ2) is 3.00. The Labute approximate surface area is 74.5 Å². The van der Waals surface area contributed by atoms with Crippen molar-refractivity contribution in [2.75, 3.05) is 0 Å². The summed E-state index contributed by atoms with van der Waals surface area (Å²) >= 11 is 0. The standard InChI is InChI=1S/C10H19NO/c1-6-5-8(3-4-9(6)11)10-7(2)12-10/h6-10H,3-5,11H2,1-2H3/t6?,7?,8?,9?,10-/m0/s1. The van der Waals surface area contributed by atoms with Crippen LogP contribution >= 0.6 is 0 Å². The van der Waals surface area contributed by atoms with E-state index in [9.17, 15) is 0 Å². The molecule has 1 aliphatic carbocycles. The summed E-state index contributed by atoms with van der Waals surface area (Å²) in [7, 11) is 0. The van der Waals surface area contributed by atoms with E-state index < -0.39 is 0 Å². The quantitative estimate of drug-likeness (QED) is 0.605. The molecule has 2 fully saturated rings. The van der Waals surface area contributed by atoms with Crippen molar-refractivity contribution in [1.29, 1.82) is 0 Å². The predicted molar refractivity (Wildman–Crippen MR) is 48.8 cm³/mol. The molecule has 1 saturated heterocycles. The van der Waals surface area contributed by atoms with Gasteiger partial charge in [-0.3, -0.25) is 0 Å². The van der Waals surface area contributed by atoms with Gasteiger partial charge in [0.25, 0.3) is 0 Å². The first-order chi connectivity index (χ1) is 5.68. The van der Waals surface area contributed by atoms with Crippen LogP contribution < -0.4 is 5.73 Å². The Balaban J connectivity index is 1.86. The van der Waals surface area contributed by atoms with Crippen molar-refractivity contribution in [1.82, 2.24) is 0 Å². The lowest BCUT2D eigenvalue weighted by Crippen LogP contribution is -2.36. The molecule has 5 atom stereocenters. The summed E-state index contributed by atoms with van der Waals surface area (Å²) in [5.41, 5.74) is 5.95. The third-order valence-corrected chi connectivity index (χ3v) is 3.50. The fourth-order valence-electron chi connectivity index (χ4n) is 2.46. The van der Waals surface area contributed by atoms with Gasteiger partial charge in [0.05, 0.1) is 12.2 Å². The van der Waals surface area contributed by atoms with Crippen molar-refractivity contribution >= 4 is 0 Å². The second-order valence-corrected chi connectivity index (χ2v) is 4.52. The van der Waals surface area contributed by atoms with Gasteiger partial charge in [-0.05, 0) is 38.0 Å². The minimum atomic E-state index is 0.440. The van der Waals surface area contributed by atoms with Crippen molar-refractivity contribution in [2.24, 2.45) is 17.6 Å². The van der Waals surface area contributed by atoms with Gasteiger partial charge in [0.2, 0.25) is 0 Å². The molecule has 2 heteroatoms. The van der Waals surface area contributed by atoms with Crippen LogP contribution in [0.15, 0.2) is 0 Å². The minimum Gasteiger partial charge on any atom is -0.370 e. The lowest BCUT2D eigenvalue weighted by atomic mass is 9.77. The number of ether oxygens (including phenoxy) is 1. The number of epoxide rings is 1. The highest BCUT2D eigenvalue weighted by molar-refractivity contribution is 4.92. The second-order valence-electron chi connectivity index (χ2n) is 4.52. The van der Waals surface area contributed by atoms with Crippen LogP contribution in [0.5, 0.6) is 0 Å². The maximum Gasteiger partial charge on any atom is 0.0867 e. The summed E-state index contributed by atoms with van der Waals surface area (Å²) in [5, 5.41) is 0. The Hall–Kier alpha value is -0.0800. The lowest BCUT2D eigenvalue weighted by molar-refractivity contribution is 0.204. The van der Waals surface area contributed by atoms with Crippen molar-refractivity contribution in [2.45, 2.75) is 51.4 Å². The molecule has 1 saturated carbocycles. The Kier molecular flexibility index (Phi) is 2.13. The molecule has 1 aliphatic heterocycles. The van der Waals surface area contributed by atoms with E-state index in [1.165, 1.54) is 19.3 Å². The zero-order chi connectivity index (χ0) is 8.72. The Morgan fingerprint density at radius 2 is 1.92 bits per heavy atom. The van der Waals surface area contributed by atoms with Gasteiger partial charge in [-0.15, -0.1) is 0 Å². The van der Waals surface area contributed by atoms with Gasteiger partial charge in [0.1, 0.15) is 0 Å².